The van der Waals surface area contributed by atoms with Crippen molar-refractivity contribution < 1.29 is 78.5 Å². The van der Waals surface area contributed by atoms with Crippen LogP contribution in [0.2, 0.25) is 0 Å². The maximum absolute atomic E-state index is 12.8. The zero-order chi connectivity index (χ0) is 22.2. The van der Waals surface area contributed by atoms with Crippen molar-refractivity contribution in [3.63, 3.8) is 0 Å². The average Bonchev–Trinajstić information content (AvgIpc) is 2.79. The van der Waals surface area contributed by atoms with Gasteiger partial charge in [-0.1, -0.05) is 66.7 Å². The van der Waals surface area contributed by atoms with Gasteiger partial charge in [0.1, 0.15) is 11.3 Å². The van der Waals surface area contributed by atoms with Gasteiger partial charge < -0.3 is 19.4 Å². The van der Waals surface area contributed by atoms with Crippen LogP contribution in [0.15, 0.2) is 94.1 Å². The molecule has 0 fully saturated rings. The molecule has 1 aliphatic heterocycles. The van der Waals surface area contributed by atoms with Crippen molar-refractivity contribution in [1.29, 1.82) is 0 Å². The fourth-order valence-electron chi connectivity index (χ4n) is 4.07. The van der Waals surface area contributed by atoms with E-state index in [0.717, 1.165) is 5.56 Å². The summed E-state index contributed by atoms with van der Waals surface area (Å²) in [5.74, 6) is -1.27. The summed E-state index contributed by atoms with van der Waals surface area (Å²) in [6, 6.07) is 23.6. The molecule has 3 aromatic carbocycles. The van der Waals surface area contributed by atoms with E-state index >= 15 is 0 Å². The number of carboxylic acids is 1. The predicted octanol–water partition coefficient (Wildman–Crippen LogP) is -2.40. The summed E-state index contributed by atoms with van der Waals surface area (Å²) >= 11 is 0. The zero-order valence-electron chi connectivity index (χ0n) is 18.8. The maximum atomic E-state index is 12.8. The molecule has 0 N–H and O–H groups in total. The normalized spacial score (nSPS) is 10.5. The molecule has 0 saturated heterocycles. The fourth-order valence-corrected chi connectivity index (χ4v) is 4.07. The van der Waals surface area contributed by atoms with Crippen molar-refractivity contribution >= 4 is 16.9 Å². The molecule has 0 amide bonds. The number of carbonyl (C=O) groups excluding carboxylic acids is 1. The number of hydrogen-bond acceptors (Lipinski definition) is 5. The first kappa shape index (κ1) is 26.2. The van der Waals surface area contributed by atoms with Crippen molar-refractivity contribution in [3.05, 3.63) is 112 Å². The van der Waals surface area contributed by atoms with Gasteiger partial charge in [0.2, 0.25) is 0 Å². The molecule has 0 atom stereocenters. The fraction of sp³-hybridized carbons (Fsp3) is 0.0370. The topological polar surface area (TPSA) is 93.4 Å². The first-order valence-electron chi connectivity index (χ1n) is 10.1. The summed E-state index contributed by atoms with van der Waals surface area (Å²) < 4.78 is 5.91. The van der Waals surface area contributed by atoms with E-state index in [1.807, 2.05) is 30.3 Å². The van der Waals surface area contributed by atoms with Crippen molar-refractivity contribution in [2.45, 2.75) is 6.42 Å². The molecule has 7 heteroatoms. The number of carboxylic acid groups (broad SMARTS) is 1. The second-order valence-electron chi connectivity index (χ2n) is 7.59. The van der Waals surface area contributed by atoms with Crippen molar-refractivity contribution in [1.82, 2.24) is 0 Å². The largest absolute Gasteiger partial charge is 1.00 e. The van der Waals surface area contributed by atoms with Gasteiger partial charge in [-0.05, 0) is 23.3 Å². The Bertz CT molecular complexity index is 1510. The van der Waals surface area contributed by atoms with Gasteiger partial charge in [0, 0.05) is 40.1 Å². The van der Waals surface area contributed by atoms with Gasteiger partial charge in [0.15, 0.2) is 5.43 Å². The molecule has 1 heterocycles. The van der Waals surface area contributed by atoms with Crippen LogP contribution in [-0.4, -0.2) is 5.97 Å². The molecule has 5 nitrogen and oxygen atoms in total. The van der Waals surface area contributed by atoms with Gasteiger partial charge in [-0.25, -0.2) is 0 Å². The van der Waals surface area contributed by atoms with Gasteiger partial charge >= 0.3 is 59.1 Å². The third-order valence-electron chi connectivity index (χ3n) is 5.53. The Morgan fingerprint density at radius 3 is 2.26 bits per heavy atom. The van der Waals surface area contributed by atoms with Crippen LogP contribution in [-0.2, 0) is 6.42 Å². The van der Waals surface area contributed by atoms with Crippen molar-refractivity contribution in [2.75, 3.05) is 0 Å². The van der Waals surface area contributed by atoms with E-state index in [-0.39, 0.29) is 87.2 Å². The average molecular weight is 466 g/mol. The van der Waals surface area contributed by atoms with Crippen LogP contribution >= 0.6 is 0 Å². The number of benzene rings is 4. The Morgan fingerprint density at radius 1 is 0.824 bits per heavy atom. The second kappa shape index (κ2) is 10.9. The molecule has 5 rings (SSSR count). The Kier molecular flexibility index (Phi) is 8.42. The molecule has 2 aliphatic rings. The summed E-state index contributed by atoms with van der Waals surface area (Å²) in [6.07, 6.45) is 0.425. The smallest absolute Gasteiger partial charge is 0.872 e. The Morgan fingerprint density at radius 2 is 1.53 bits per heavy atom. The van der Waals surface area contributed by atoms with E-state index in [0.29, 0.717) is 34.1 Å². The zero-order valence-corrected chi connectivity index (χ0v) is 22.8. The van der Waals surface area contributed by atoms with E-state index in [2.05, 4.69) is 0 Å². The molecule has 0 saturated carbocycles. The number of aromatic carboxylic acids is 1. The van der Waals surface area contributed by atoms with Crippen LogP contribution in [0.3, 0.4) is 0 Å². The van der Waals surface area contributed by atoms with Crippen LogP contribution in [0.4, 0.5) is 0 Å². The van der Waals surface area contributed by atoms with E-state index < -0.39 is 5.97 Å². The standard InChI is InChI=1S/C27H18O5.2Na/c28-18-10-11-21-24(14-18)32-25-15-23(29)17(12-16-6-2-1-3-7-16)13-22(25)26(21)19-8-4-5-9-20(19)27(30)31;;/h1-11,13-15,28H,12H2,(H,30,31);;/q;2*+1/p-2. The number of rotatable bonds is 4. The molecule has 0 bridgehead atoms. The van der Waals surface area contributed by atoms with Crippen molar-refractivity contribution in [3.8, 4) is 28.2 Å². The molecule has 156 valence electrons. The van der Waals surface area contributed by atoms with E-state index in [4.69, 9.17) is 4.42 Å². The molecular formula is C27H16Na2O5. The van der Waals surface area contributed by atoms with Crippen LogP contribution in [0.1, 0.15) is 21.5 Å². The minimum Gasteiger partial charge on any atom is -0.872 e. The molecule has 34 heavy (non-hydrogen) atoms. The van der Waals surface area contributed by atoms with Crippen LogP contribution < -0.4 is 74.8 Å². The molecule has 0 spiro atoms. The first-order valence-corrected chi connectivity index (χ1v) is 10.1. The molecule has 0 unspecified atom stereocenters. The Labute approximate surface area is 240 Å². The summed E-state index contributed by atoms with van der Waals surface area (Å²) in [4.78, 5) is 24.7. The minimum absolute atomic E-state index is 0. The van der Waals surface area contributed by atoms with Gasteiger partial charge in [0.05, 0.1) is 5.97 Å². The molecule has 0 aromatic heterocycles. The Hall–Kier alpha value is -2.38. The minimum atomic E-state index is -1.31. The second-order valence-corrected chi connectivity index (χ2v) is 7.59. The van der Waals surface area contributed by atoms with Gasteiger partial charge in [-0.15, -0.1) is 5.75 Å². The summed E-state index contributed by atoms with van der Waals surface area (Å²) in [7, 11) is 0. The van der Waals surface area contributed by atoms with Crippen LogP contribution in [0.25, 0.3) is 33.4 Å². The monoisotopic (exact) mass is 466 g/mol. The number of hydrogen-bond donors (Lipinski definition) is 0. The quantitative estimate of drug-likeness (QED) is 0.218. The van der Waals surface area contributed by atoms with E-state index in [1.54, 1.807) is 30.3 Å². The maximum Gasteiger partial charge on any atom is 1.00 e. The van der Waals surface area contributed by atoms with Gasteiger partial charge in [-0.3, -0.25) is 4.79 Å². The predicted molar refractivity (Wildman–Crippen MR) is 118 cm³/mol. The van der Waals surface area contributed by atoms with Gasteiger partial charge in [-0.2, -0.15) is 0 Å². The van der Waals surface area contributed by atoms with Crippen molar-refractivity contribution in [2.24, 2.45) is 0 Å². The first-order chi connectivity index (χ1) is 15.5. The number of carbonyl (C=O) groups is 1. The molecule has 0 radical (unpaired) electrons. The van der Waals surface area contributed by atoms with Crippen LogP contribution in [0.5, 0.6) is 5.75 Å². The summed E-state index contributed by atoms with van der Waals surface area (Å²) in [6.45, 7) is 0. The third kappa shape index (κ3) is 5.01. The van der Waals surface area contributed by atoms with Gasteiger partial charge in [0.25, 0.3) is 0 Å². The summed E-state index contributed by atoms with van der Waals surface area (Å²) in [5.41, 5.74) is 3.25. The van der Waals surface area contributed by atoms with E-state index in [1.165, 1.54) is 24.3 Å². The molecule has 3 aromatic rings. The molecule has 1 aliphatic carbocycles. The Balaban J connectivity index is 0.00000162. The molecular weight excluding hydrogens is 450 g/mol. The van der Waals surface area contributed by atoms with E-state index in [9.17, 15) is 19.8 Å². The number of fused-ring (bicyclic) bond motifs is 2. The summed E-state index contributed by atoms with van der Waals surface area (Å²) in [5, 5.41) is 24.4. The SMILES string of the molecule is O=C([O-])c1ccccc1-c1c2cc(Cc3ccccc3)c(=O)cc-2oc2cc([O-])ccc12.[Na+].[Na+]. The third-order valence-corrected chi connectivity index (χ3v) is 5.53. The van der Waals surface area contributed by atoms with Crippen LogP contribution in [0, 0.1) is 0 Å².